The van der Waals surface area contributed by atoms with Crippen molar-refractivity contribution in [1.82, 2.24) is 5.32 Å². The van der Waals surface area contributed by atoms with E-state index in [1.807, 2.05) is 19.1 Å². The van der Waals surface area contributed by atoms with E-state index < -0.39 is 18.0 Å². The second kappa shape index (κ2) is 6.39. The maximum Gasteiger partial charge on any atom is 0.326 e. The predicted molar refractivity (Wildman–Crippen MR) is 72.7 cm³/mol. The second-order valence-electron chi connectivity index (χ2n) is 3.86. The molecule has 1 rings (SSSR count). The molecule has 1 aromatic carbocycles. The zero-order chi connectivity index (χ0) is 13.7. The molecule has 0 aliphatic heterocycles. The third-order valence-corrected chi connectivity index (χ3v) is 2.95. The van der Waals surface area contributed by atoms with Gasteiger partial charge in [-0.15, -0.1) is 0 Å². The molecule has 0 saturated carbocycles. The Morgan fingerprint density at radius 1 is 1.44 bits per heavy atom. The van der Waals surface area contributed by atoms with Gasteiger partial charge >= 0.3 is 12.0 Å². The molecule has 0 aliphatic carbocycles. The smallest absolute Gasteiger partial charge is 0.326 e. The monoisotopic (exact) mass is 314 g/mol. The fraction of sp³-hybridized carbons (Fsp3) is 0.333. The summed E-state index contributed by atoms with van der Waals surface area (Å²) in [6.07, 6.45) is 0.334. The van der Waals surface area contributed by atoms with Crippen LogP contribution in [0.25, 0.3) is 0 Å². The van der Waals surface area contributed by atoms with E-state index in [9.17, 15) is 9.59 Å². The largest absolute Gasteiger partial charge is 0.480 e. The molecule has 0 aliphatic rings. The number of carboxylic acid groups (broad SMARTS) is 1. The summed E-state index contributed by atoms with van der Waals surface area (Å²) in [5.74, 6) is -1.04. The fourth-order valence-corrected chi connectivity index (χ4v) is 1.75. The first-order chi connectivity index (χ1) is 8.43. The number of hydrogen-bond acceptors (Lipinski definition) is 2. The number of rotatable bonds is 4. The lowest BCUT2D eigenvalue weighted by molar-refractivity contribution is -0.139. The molecular formula is C12H15BrN2O3. The van der Waals surface area contributed by atoms with Crippen molar-refractivity contribution in [2.45, 2.75) is 26.3 Å². The van der Waals surface area contributed by atoms with Crippen molar-refractivity contribution < 1.29 is 14.7 Å². The molecule has 0 aromatic heterocycles. The Hall–Kier alpha value is -1.56. The minimum Gasteiger partial charge on any atom is -0.480 e. The summed E-state index contributed by atoms with van der Waals surface area (Å²) in [5.41, 5.74) is 1.54. The quantitative estimate of drug-likeness (QED) is 0.799. The zero-order valence-corrected chi connectivity index (χ0v) is 11.7. The number of aliphatic carboxylic acids is 1. The lowest BCUT2D eigenvalue weighted by Crippen LogP contribution is -2.42. The van der Waals surface area contributed by atoms with Gasteiger partial charge in [-0.3, -0.25) is 0 Å². The summed E-state index contributed by atoms with van der Waals surface area (Å²) >= 11 is 3.31. The number of carbonyl (C=O) groups is 2. The number of carboxylic acids is 1. The molecule has 2 amide bonds. The number of hydrogen-bond donors (Lipinski definition) is 3. The normalized spacial score (nSPS) is 11.7. The molecule has 18 heavy (non-hydrogen) atoms. The highest BCUT2D eigenvalue weighted by atomic mass is 79.9. The lowest BCUT2D eigenvalue weighted by Gasteiger charge is -2.14. The van der Waals surface area contributed by atoms with E-state index in [0.29, 0.717) is 12.1 Å². The van der Waals surface area contributed by atoms with Gasteiger partial charge in [0.15, 0.2) is 0 Å². The first-order valence-corrected chi connectivity index (χ1v) is 6.29. The van der Waals surface area contributed by atoms with Crippen LogP contribution in [0, 0.1) is 6.92 Å². The van der Waals surface area contributed by atoms with Crippen LogP contribution in [0.1, 0.15) is 18.9 Å². The maximum atomic E-state index is 11.6. The first kappa shape index (κ1) is 14.5. The summed E-state index contributed by atoms with van der Waals surface area (Å²) in [5, 5.41) is 13.9. The van der Waals surface area contributed by atoms with Crippen LogP contribution < -0.4 is 10.6 Å². The van der Waals surface area contributed by atoms with Gasteiger partial charge in [0.05, 0.1) is 0 Å². The molecule has 0 bridgehead atoms. The minimum atomic E-state index is -1.04. The van der Waals surface area contributed by atoms with Gasteiger partial charge in [-0.05, 0) is 31.0 Å². The fourth-order valence-electron chi connectivity index (χ4n) is 1.38. The Labute approximate surface area is 114 Å². The number of anilines is 1. The van der Waals surface area contributed by atoms with Gasteiger partial charge in [-0.25, -0.2) is 9.59 Å². The number of amides is 2. The number of urea groups is 1. The summed E-state index contributed by atoms with van der Waals surface area (Å²) in [6.45, 7) is 3.56. The summed E-state index contributed by atoms with van der Waals surface area (Å²) in [6, 6.07) is 4.08. The van der Waals surface area contributed by atoms with E-state index in [-0.39, 0.29) is 0 Å². The van der Waals surface area contributed by atoms with E-state index in [2.05, 4.69) is 26.6 Å². The van der Waals surface area contributed by atoms with E-state index in [4.69, 9.17) is 5.11 Å². The van der Waals surface area contributed by atoms with Crippen LogP contribution in [-0.4, -0.2) is 23.1 Å². The van der Waals surface area contributed by atoms with E-state index in [1.54, 1.807) is 13.0 Å². The van der Waals surface area contributed by atoms with Gasteiger partial charge in [-0.2, -0.15) is 0 Å². The molecule has 0 unspecified atom stereocenters. The van der Waals surface area contributed by atoms with Crippen molar-refractivity contribution in [3.8, 4) is 0 Å². The van der Waals surface area contributed by atoms with E-state index in [1.165, 1.54) is 0 Å². The molecule has 6 heteroatoms. The first-order valence-electron chi connectivity index (χ1n) is 5.50. The lowest BCUT2D eigenvalue weighted by atomic mass is 10.2. The highest BCUT2D eigenvalue weighted by molar-refractivity contribution is 9.10. The molecular weight excluding hydrogens is 300 g/mol. The van der Waals surface area contributed by atoms with Gasteiger partial charge < -0.3 is 15.7 Å². The third kappa shape index (κ3) is 4.03. The summed E-state index contributed by atoms with van der Waals surface area (Å²) < 4.78 is 0.841. The van der Waals surface area contributed by atoms with Crippen molar-refractivity contribution in [3.63, 3.8) is 0 Å². The topological polar surface area (TPSA) is 78.4 Å². The predicted octanol–water partition coefficient (Wildman–Crippen LogP) is 2.74. The van der Waals surface area contributed by atoms with Crippen LogP contribution in [0.3, 0.4) is 0 Å². The molecule has 0 saturated heterocycles. The van der Waals surface area contributed by atoms with E-state index >= 15 is 0 Å². The van der Waals surface area contributed by atoms with Gasteiger partial charge in [0.2, 0.25) is 0 Å². The molecule has 0 heterocycles. The summed E-state index contributed by atoms with van der Waals surface area (Å²) in [4.78, 5) is 22.4. The average Bonchev–Trinajstić information content (AvgIpc) is 2.30. The maximum absolute atomic E-state index is 11.6. The number of aryl methyl sites for hydroxylation is 1. The highest BCUT2D eigenvalue weighted by Crippen LogP contribution is 2.20. The average molecular weight is 315 g/mol. The summed E-state index contributed by atoms with van der Waals surface area (Å²) in [7, 11) is 0. The van der Waals surface area contributed by atoms with Crippen LogP contribution in [0.2, 0.25) is 0 Å². The Morgan fingerprint density at radius 2 is 2.11 bits per heavy atom. The van der Waals surface area contributed by atoms with Gasteiger partial charge in [0, 0.05) is 10.2 Å². The molecule has 0 fully saturated rings. The SMILES string of the molecule is CC[C@@H](NC(=O)Nc1cc(Br)ccc1C)C(=O)O. The van der Waals surface area contributed by atoms with Crippen molar-refractivity contribution in [2.75, 3.05) is 5.32 Å². The Kier molecular flexibility index (Phi) is 5.15. The van der Waals surface area contributed by atoms with Gasteiger partial charge in [0.1, 0.15) is 6.04 Å². The zero-order valence-electron chi connectivity index (χ0n) is 10.2. The molecule has 0 spiro atoms. The molecule has 1 atom stereocenters. The molecule has 0 radical (unpaired) electrons. The van der Waals surface area contributed by atoms with Gasteiger partial charge in [-0.1, -0.05) is 28.9 Å². The molecule has 3 N–H and O–H groups in total. The molecule has 1 aromatic rings. The van der Waals surface area contributed by atoms with Crippen LogP contribution in [0.4, 0.5) is 10.5 Å². The Morgan fingerprint density at radius 3 is 2.67 bits per heavy atom. The Bertz CT molecular complexity index is 463. The highest BCUT2D eigenvalue weighted by Gasteiger charge is 2.17. The third-order valence-electron chi connectivity index (χ3n) is 2.46. The minimum absolute atomic E-state index is 0.334. The number of nitrogens with one attached hydrogen (secondary N) is 2. The number of halogens is 1. The van der Waals surface area contributed by atoms with Crippen LogP contribution in [0.15, 0.2) is 22.7 Å². The van der Waals surface area contributed by atoms with Gasteiger partial charge in [0.25, 0.3) is 0 Å². The van der Waals surface area contributed by atoms with Crippen LogP contribution >= 0.6 is 15.9 Å². The standard InChI is InChI=1S/C12H15BrN2O3/c1-3-9(11(16)17)14-12(18)15-10-6-8(13)5-4-7(10)2/h4-6,9H,3H2,1-2H3,(H,16,17)(H2,14,15,18)/t9-/m1/s1. The number of benzene rings is 1. The Balaban J connectivity index is 2.70. The van der Waals surface area contributed by atoms with Crippen molar-refractivity contribution in [3.05, 3.63) is 28.2 Å². The van der Waals surface area contributed by atoms with Crippen molar-refractivity contribution in [1.29, 1.82) is 0 Å². The molecule has 98 valence electrons. The number of carbonyl (C=O) groups excluding carboxylic acids is 1. The van der Waals surface area contributed by atoms with Crippen LogP contribution in [0.5, 0.6) is 0 Å². The molecule has 5 nitrogen and oxygen atoms in total. The van der Waals surface area contributed by atoms with Crippen molar-refractivity contribution in [2.24, 2.45) is 0 Å². The second-order valence-corrected chi connectivity index (χ2v) is 4.77. The van der Waals surface area contributed by atoms with Crippen molar-refractivity contribution >= 4 is 33.6 Å². The van der Waals surface area contributed by atoms with E-state index in [0.717, 1.165) is 10.0 Å². The van der Waals surface area contributed by atoms with Crippen LogP contribution in [-0.2, 0) is 4.79 Å².